The lowest BCUT2D eigenvalue weighted by Gasteiger charge is -1.98. The standard InChI is InChI=1S/C10H11N3O/c1-13-9-6-2-4-8(5-3-7-14)10(9)11-12-13/h2,4,6-7H,3,5H2,1H3. The Bertz CT molecular complexity index is 461. The van der Waals surface area contributed by atoms with E-state index in [1.54, 1.807) is 4.68 Å². The van der Waals surface area contributed by atoms with E-state index in [0.29, 0.717) is 6.42 Å². The third-order valence-corrected chi connectivity index (χ3v) is 2.26. The molecule has 2 rings (SSSR count). The fraction of sp³-hybridized carbons (Fsp3) is 0.300. The summed E-state index contributed by atoms with van der Waals surface area (Å²) < 4.78 is 1.74. The molecular weight excluding hydrogens is 178 g/mol. The van der Waals surface area contributed by atoms with Crippen molar-refractivity contribution in [1.29, 1.82) is 0 Å². The van der Waals surface area contributed by atoms with Crippen LogP contribution in [0.4, 0.5) is 0 Å². The van der Waals surface area contributed by atoms with Gasteiger partial charge in [0.15, 0.2) is 0 Å². The number of benzene rings is 1. The minimum atomic E-state index is 0.537. The fourth-order valence-electron chi connectivity index (χ4n) is 1.53. The zero-order chi connectivity index (χ0) is 9.97. The van der Waals surface area contributed by atoms with Gasteiger partial charge in [-0.25, -0.2) is 4.68 Å². The molecule has 1 aromatic carbocycles. The van der Waals surface area contributed by atoms with Gasteiger partial charge in [-0.05, 0) is 18.1 Å². The minimum absolute atomic E-state index is 0.537. The molecule has 0 saturated heterocycles. The van der Waals surface area contributed by atoms with Crippen LogP contribution in [-0.4, -0.2) is 21.3 Å². The maximum Gasteiger partial charge on any atom is 0.120 e. The summed E-state index contributed by atoms with van der Waals surface area (Å²) in [5.41, 5.74) is 2.99. The van der Waals surface area contributed by atoms with Gasteiger partial charge in [0.2, 0.25) is 0 Å². The number of nitrogens with zero attached hydrogens (tertiary/aromatic N) is 3. The van der Waals surface area contributed by atoms with Gasteiger partial charge in [0, 0.05) is 13.5 Å². The van der Waals surface area contributed by atoms with Crippen LogP contribution in [0.2, 0.25) is 0 Å². The van der Waals surface area contributed by atoms with Crippen molar-refractivity contribution in [3.63, 3.8) is 0 Å². The monoisotopic (exact) mass is 189 g/mol. The minimum Gasteiger partial charge on any atom is -0.303 e. The molecule has 0 amide bonds. The summed E-state index contributed by atoms with van der Waals surface area (Å²) in [4.78, 5) is 10.3. The molecule has 0 aliphatic rings. The van der Waals surface area contributed by atoms with Crippen molar-refractivity contribution < 1.29 is 4.79 Å². The first-order chi connectivity index (χ1) is 6.83. The van der Waals surface area contributed by atoms with Crippen LogP contribution < -0.4 is 0 Å². The number of carbonyl (C=O) groups is 1. The van der Waals surface area contributed by atoms with Gasteiger partial charge >= 0.3 is 0 Å². The molecule has 0 spiro atoms. The van der Waals surface area contributed by atoms with Crippen molar-refractivity contribution in [3.8, 4) is 0 Å². The van der Waals surface area contributed by atoms with E-state index >= 15 is 0 Å². The Balaban J connectivity index is 2.48. The third-order valence-electron chi connectivity index (χ3n) is 2.26. The van der Waals surface area contributed by atoms with Crippen LogP contribution in [0.3, 0.4) is 0 Å². The highest BCUT2D eigenvalue weighted by molar-refractivity contribution is 5.78. The van der Waals surface area contributed by atoms with Gasteiger partial charge in [0.25, 0.3) is 0 Å². The Hall–Kier alpha value is -1.71. The van der Waals surface area contributed by atoms with Crippen molar-refractivity contribution in [1.82, 2.24) is 15.0 Å². The quantitative estimate of drug-likeness (QED) is 0.679. The normalized spacial score (nSPS) is 10.6. The van der Waals surface area contributed by atoms with Crippen LogP contribution in [0.5, 0.6) is 0 Å². The summed E-state index contributed by atoms with van der Waals surface area (Å²) in [5, 5.41) is 8.01. The molecule has 4 nitrogen and oxygen atoms in total. The van der Waals surface area contributed by atoms with Crippen LogP contribution in [0.15, 0.2) is 18.2 Å². The average molecular weight is 189 g/mol. The van der Waals surface area contributed by atoms with Gasteiger partial charge in [-0.15, -0.1) is 5.10 Å². The zero-order valence-corrected chi connectivity index (χ0v) is 7.97. The molecule has 2 aromatic rings. The van der Waals surface area contributed by atoms with Crippen LogP contribution in [0.25, 0.3) is 11.0 Å². The average Bonchev–Trinajstić information content (AvgIpc) is 2.58. The summed E-state index contributed by atoms with van der Waals surface area (Å²) >= 11 is 0. The molecule has 1 aromatic heterocycles. The molecule has 4 heteroatoms. The SMILES string of the molecule is Cn1nnc2c(CCC=O)cccc21. The van der Waals surface area contributed by atoms with Crippen LogP contribution >= 0.6 is 0 Å². The Labute approximate surface area is 81.5 Å². The van der Waals surface area contributed by atoms with E-state index in [0.717, 1.165) is 29.3 Å². The Morgan fingerprint density at radius 3 is 3.14 bits per heavy atom. The van der Waals surface area contributed by atoms with Crippen molar-refractivity contribution in [2.24, 2.45) is 7.05 Å². The predicted molar refractivity (Wildman–Crippen MR) is 52.9 cm³/mol. The topological polar surface area (TPSA) is 47.8 Å². The first-order valence-corrected chi connectivity index (χ1v) is 4.54. The molecule has 0 N–H and O–H groups in total. The maximum absolute atomic E-state index is 10.3. The summed E-state index contributed by atoms with van der Waals surface area (Å²) in [6.07, 6.45) is 2.20. The van der Waals surface area contributed by atoms with Crippen molar-refractivity contribution in [2.75, 3.05) is 0 Å². The van der Waals surface area contributed by atoms with E-state index in [-0.39, 0.29) is 0 Å². The van der Waals surface area contributed by atoms with Crippen LogP contribution in [0.1, 0.15) is 12.0 Å². The largest absolute Gasteiger partial charge is 0.303 e. The van der Waals surface area contributed by atoms with E-state index in [1.807, 2.05) is 25.2 Å². The Morgan fingerprint density at radius 1 is 1.50 bits per heavy atom. The highest BCUT2D eigenvalue weighted by Gasteiger charge is 2.05. The molecular formula is C10H11N3O. The van der Waals surface area contributed by atoms with Gasteiger partial charge < -0.3 is 4.79 Å². The van der Waals surface area contributed by atoms with E-state index in [9.17, 15) is 4.79 Å². The van der Waals surface area contributed by atoms with Gasteiger partial charge in [-0.1, -0.05) is 17.3 Å². The summed E-state index contributed by atoms with van der Waals surface area (Å²) in [7, 11) is 1.86. The van der Waals surface area contributed by atoms with Gasteiger partial charge in [-0.3, -0.25) is 0 Å². The second kappa shape index (κ2) is 3.57. The van der Waals surface area contributed by atoms with Crippen molar-refractivity contribution in [3.05, 3.63) is 23.8 Å². The lowest BCUT2D eigenvalue weighted by molar-refractivity contribution is -0.107. The van der Waals surface area contributed by atoms with Gasteiger partial charge in [0.1, 0.15) is 11.8 Å². The molecule has 14 heavy (non-hydrogen) atoms. The highest BCUT2D eigenvalue weighted by Crippen LogP contribution is 2.16. The number of aromatic nitrogens is 3. The zero-order valence-electron chi connectivity index (χ0n) is 7.97. The summed E-state index contributed by atoms with van der Waals surface area (Å²) in [5.74, 6) is 0. The molecule has 0 unspecified atom stereocenters. The number of fused-ring (bicyclic) bond motifs is 1. The first-order valence-electron chi connectivity index (χ1n) is 4.54. The lowest BCUT2D eigenvalue weighted by atomic mass is 10.1. The molecule has 0 atom stereocenters. The predicted octanol–water partition coefficient (Wildman–Crippen LogP) is 1.10. The van der Waals surface area contributed by atoms with Gasteiger partial charge in [0.05, 0.1) is 5.52 Å². The Kier molecular flexibility index (Phi) is 2.26. The van der Waals surface area contributed by atoms with E-state index < -0.39 is 0 Å². The summed E-state index contributed by atoms with van der Waals surface area (Å²) in [6.45, 7) is 0. The number of hydrogen-bond donors (Lipinski definition) is 0. The van der Waals surface area contributed by atoms with Crippen molar-refractivity contribution >= 4 is 17.3 Å². The molecule has 0 saturated carbocycles. The second-order valence-electron chi connectivity index (χ2n) is 3.20. The van der Waals surface area contributed by atoms with E-state index in [1.165, 1.54) is 0 Å². The number of carbonyl (C=O) groups excluding carboxylic acids is 1. The van der Waals surface area contributed by atoms with E-state index in [2.05, 4.69) is 10.3 Å². The number of aryl methyl sites for hydroxylation is 2. The molecule has 72 valence electrons. The van der Waals surface area contributed by atoms with Crippen molar-refractivity contribution in [2.45, 2.75) is 12.8 Å². The molecule has 0 aliphatic heterocycles. The maximum atomic E-state index is 10.3. The first kappa shape index (κ1) is 8.87. The second-order valence-corrected chi connectivity index (χ2v) is 3.20. The molecule has 0 aliphatic carbocycles. The molecule has 0 fully saturated rings. The molecule has 0 radical (unpaired) electrons. The van der Waals surface area contributed by atoms with Crippen LogP contribution in [-0.2, 0) is 18.3 Å². The third kappa shape index (κ3) is 1.39. The van der Waals surface area contributed by atoms with Gasteiger partial charge in [-0.2, -0.15) is 0 Å². The number of aldehydes is 1. The number of hydrogen-bond acceptors (Lipinski definition) is 3. The van der Waals surface area contributed by atoms with Crippen LogP contribution in [0, 0.1) is 0 Å². The number of rotatable bonds is 3. The molecule has 1 heterocycles. The highest BCUT2D eigenvalue weighted by atomic mass is 16.1. The lowest BCUT2D eigenvalue weighted by Crippen LogP contribution is -1.90. The smallest absolute Gasteiger partial charge is 0.120 e. The summed E-state index contributed by atoms with van der Waals surface area (Å²) in [6, 6.07) is 5.92. The fourth-order valence-corrected chi connectivity index (χ4v) is 1.53. The van der Waals surface area contributed by atoms with E-state index in [4.69, 9.17) is 0 Å². The Morgan fingerprint density at radius 2 is 2.36 bits per heavy atom. The molecule has 0 bridgehead atoms.